The van der Waals surface area contributed by atoms with Crippen molar-refractivity contribution in [2.75, 3.05) is 23.3 Å². The number of nitro benzene ring substituents is 1. The molecule has 2 heterocycles. The Kier molecular flexibility index (Phi) is 4.75. The molecule has 24 heavy (non-hydrogen) atoms. The largest absolute Gasteiger partial charge is 0.366 e. The monoisotopic (exact) mass is 346 g/mol. The third-order valence-corrected chi connectivity index (χ3v) is 4.96. The molecule has 0 radical (unpaired) electrons. The standard InChI is InChI=1S/C16H18N4O3S/c1-11-10-17-16(24-11)18-15(21)12-6-8-19(9-7-12)13-4-2-3-5-14(13)20(22)23/h2-5,10,12H,6-9H2,1H3,(H,17,18,21). The molecule has 0 atom stereocenters. The number of para-hydroxylation sites is 2. The molecule has 0 aliphatic carbocycles. The van der Waals surface area contributed by atoms with E-state index in [9.17, 15) is 14.9 Å². The minimum atomic E-state index is -0.362. The van der Waals surface area contributed by atoms with Crippen LogP contribution >= 0.6 is 11.3 Å². The molecule has 0 spiro atoms. The predicted molar refractivity (Wildman–Crippen MR) is 93.5 cm³/mol. The second-order valence-corrected chi connectivity index (χ2v) is 7.01. The quantitative estimate of drug-likeness (QED) is 0.678. The van der Waals surface area contributed by atoms with E-state index in [1.165, 1.54) is 17.4 Å². The lowest BCUT2D eigenvalue weighted by molar-refractivity contribution is -0.384. The summed E-state index contributed by atoms with van der Waals surface area (Å²) in [4.78, 5) is 30.3. The van der Waals surface area contributed by atoms with E-state index in [1.807, 2.05) is 11.8 Å². The van der Waals surface area contributed by atoms with Crippen molar-refractivity contribution in [1.29, 1.82) is 0 Å². The van der Waals surface area contributed by atoms with Gasteiger partial charge in [-0.2, -0.15) is 0 Å². The molecule has 0 bridgehead atoms. The highest BCUT2D eigenvalue weighted by Crippen LogP contribution is 2.31. The molecule has 1 N–H and O–H groups in total. The number of carbonyl (C=O) groups is 1. The van der Waals surface area contributed by atoms with Crippen LogP contribution in [-0.2, 0) is 4.79 Å². The number of carbonyl (C=O) groups excluding carboxylic acids is 1. The Morgan fingerprint density at radius 1 is 1.38 bits per heavy atom. The smallest absolute Gasteiger partial charge is 0.292 e. The number of aryl methyl sites for hydroxylation is 1. The lowest BCUT2D eigenvalue weighted by atomic mass is 9.95. The number of thiazole rings is 1. The summed E-state index contributed by atoms with van der Waals surface area (Å²) < 4.78 is 0. The zero-order chi connectivity index (χ0) is 17.1. The van der Waals surface area contributed by atoms with Gasteiger partial charge in [-0.15, -0.1) is 11.3 Å². The summed E-state index contributed by atoms with van der Waals surface area (Å²) in [5.74, 6) is -0.111. The number of nitrogens with zero attached hydrogens (tertiary/aromatic N) is 3. The van der Waals surface area contributed by atoms with Gasteiger partial charge in [-0.1, -0.05) is 12.1 Å². The Morgan fingerprint density at radius 2 is 2.08 bits per heavy atom. The first-order valence-electron chi connectivity index (χ1n) is 7.76. The van der Waals surface area contributed by atoms with Gasteiger partial charge in [0.15, 0.2) is 5.13 Å². The molecule has 1 fully saturated rings. The van der Waals surface area contributed by atoms with Gasteiger partial charge in [-0.25, -0.2) is 4.98 Å². The number of anilines is 2. The van der Waals surface area contributed by atoms with Crippen LogP contribution < -0.4 is 10.2 Å². The van der Waals surface area contributed by atoms with Crippen LogP contribution in [0.4, 0.5) is 16.5 Å². The van der Waals surface area contributed by atoms with Gasteiger partial charge in [0.05, 0.1) is 4.92 Å². The number of aromatic nitrogens is 1. The first kappa shape index (κ1) is 16.4. The Labute approximate surface area is 143 Å². The van der Waals surface area contributed by atoms with Gasteiger partial charge < -0.3 is 10.2 Å². The highest BCUT2D eigenvalue weighted by Gasteiger charge is 2.28. The SMILES string of the molecule is Cc1cnc(NC(=O)C2CCN(c3ccccc3[N+](=O)[O-])CC2)s1. The highest BCUT2D eigenvalue weighted by atomic mass is 32.1. The first-order valence-corrected chi connectivity index (χ1v) is 8.58. The predicted octanol–water partition coefficient (Wildman–Crippen LogP) is 3.21. The first-order chi connectivity index (χ1) is 11.5. The van der Waals surface area contributed by atoms with Gasteiger partial charge in [0.2, 0.25) is 5.91 Å². The van der Waals surface area contributed by atoms with Crippen molar-refractivity contribution in [2.24, 2.45) is 5.92 Å². The zero-order valence-corrected chi connectivity index (χ0v) is 14.1. The molecule has 1 aliphatic heterocycles. The van der Waals surface area contributed by atoms with Crippen LogP contribution in [0.15, 0.2) is 30.5 Å². The van der Waals surface area contributed by atoms with Gasteiger partial charge >= 0.3 is 0 Å². The minimum absolute atomic E-state index is 0.0217. The summed E-state index contributed by atoms with van der Waals surface area (Å²) in [6.45, 7) is 3.19. The number of amides is 1. The van der Waals surface area contributed by atoms with Gasteiger partial charge in [-0.3, -0.25) is 14.9 Å². The number of benzene rings is 1. The summed E-state index contributed by atoms with van der Waals surface area (Å²) in [6, 6.07) is 6.74. The molecule has 1 aromatic carbocycles. The molecule has 126 valence electrons. The number of hydrogen-bond donors (Lipinski definition) is 1. The summed E-state index contributed by atoms with van der Waals surface area (Å²) in [5, 5.41) is 14.6. The van der Waals surface area contributed by atoms with Gasteiger partial charge in [0.1, 0.15) is 5.69 Å². The fourth-order valence-corrected chi connectivity index (χ4v) is 3.56. The van der Waals surface area contributed by atoms with E-state index in [-0.39, 0.29) is 22.4 Å². The van der Waals surface area contributed by atoms with E-state index < -0.39 is 0 Å². The third-order valence-electron chi connectivity index (χ3n) is 4.14. The second-order valence-electron chi connectivity index (χ2n) is 5.77. The maximum absolute atomic E-state index is 12.3. The fourth-order valence-electron chi connectivity index (χ4n) is 2.89. The van der Waals surface area contributed by atoms with E-state index in [0.717, 1.165) is 4.88 Å². The van der Waals surface area contributed by atoms with Crippen molar-refractivity contribution >= 4 is 33.8 Å². The summed E-state index contributed by atoms with van der Waals surface area (Å²) in [5.41, 5.74) is 0.732. The molecule has 1 amide bonds. The van der Waals surface area contributed by atoms with Crippen molar-refractivity contribution in [1.82, 2.24) is 4.98 Å². The van der Waals surface area contributed by atoms with Crippen LogP contribution in [-0.4, -0.2) is 28.9 Å². The molecule has 1 aromatic heterocycles. The fraction of sp³-hybridized carbons (Fsp3) is 0.375. The average molecular weight is 346 g/mol. The number of nitrogens with one attached hydrogen (secondary N) is 1. The van der Waals surface area contributed by atoms with Crippen LogP contribution in [0.5, 0.6) is 0 Å². The van der Waals surface area contributed by atoms with Crippen molar-refractivity contribution in [3.63, 3.8) is 0 Å². The summed E-state index contributed by atoms with van der Waals surface area (Å²) in [7, 11) is 0. The number of nitro groups is 1. The van der Waals surface area contributed by atoms with E-state index in [4.69, 9.17) is 0 Å². The maximum Gasteiger partial charge on any atom is 0.292 e. The number of rotatable bonds is 4. The molecular formula is C16H18N4O3S. The zero-order valence-electron chi connectivity index (χ0n) is 13.3. The summed E-state index contributed by atoms with van der Waals surface area (Å²) in [6.07, 6.45) is 3.07. The van der Waals surface area contributed by atoms with Crippen LogP contribution in [0.25, 0.3) is 0 Å². The van der Waals surface area contributed by atoms with Crippen LogP contribution in [0.1, 0.15) is 17.7 Å². The third kappa shape index (κ3) is 3.53. The van der Waals surface area contributed by atoms with Crippen LogP contribution in [0.2, 0.25) is 0 Å². The van der Waals surface area contributed by atoms with Gasteiger partial charge in [0.25, 0.3) is 5.69 Å². The second kappa shape index (κ2) is 6.96. The van der Waals surface area contributed by atoms with Gasteiger partial charge in [-0.05, 0) is 25.8 Å². The molecule has 3 rings (SSSR count). The molecule has 7 nitrogen and oxygen atoms in total. The summed E-state index contributed by atoms with van der Waals surface area (Å²) >= 11 is 1.45. The van der Waals surface area contributed by atoms with E-state index >= 15 is 0 Å². The molecule has 2 aromatic rings. The molecule has 0 saturated carbocycles. The lowest BCUT2D eigenvalue weighted by Crippen LogP contribution is -2.38. The van der Waals surface area contributed by atoms with Crippen molar-refractivity contribution < 1.29 is 9.72 Å². The van der Waals surface area contributed by atoms with Crippen molar-refractivity contribution in [3.05, 3.63) is 45.5 Å². The van der Waals surface area contributed by atoms with E-state index in [1.54, 1.807) is 24.4 Å². The van der Waals surface area contributed by atoms with Crippen LogP contribution in [0, 0.1) is 23.0 Å². The Morgan fingerprint density at radius 3 is 2.71 bits per heavy atom. The minimum Gasteiger partial charge on any atom is -0.366 e. The molecule has 0 unspecified atom stereocenters. The molecule has 8 heteroatoms. The average Bonchev–Trinajstić information content (AvgIpc) is 3.00. The highest BCUT2D eigenvalue weighted by molar-refractivity contribution is 7.15. The van der Waals surface area contributed by atoms with Gasteiger partial charge in [0, 0.05) is 36.1 Å². The van der Waals surface area contributed by atoms with E-state index in [2.05, 4.69) is 10.3 Å². The number of hydrogen-bond acceptors (Lipinski definition) is 6. The Hall–Kier alpha value is -2.48. The molecular weight excluding hydrogens is 328 g/mol. The Balaban J connectivity index is 1.62. The van der Waals surface area contributed by atoms with Crippen molar-refractivity contribution in [2.45, 2.75) is 19.8 Å². The maximum atomic E-state index is 12.3. The molecule has 1 aliphatic rings. The topological polar surface area (TPSA) is 88.4 Å². The van der Waals surface area contributed by atoms with E-state index in [0.29, 0.717) is 36.8 Å². The molecule has 1 saturated heterocycles. The Bertz CT molecular complexity index is 753. The lowest BCUT2D eigenvalue weighted by Gasteiger charge is -2.32. The van der Waals surface area contributed by atoms with Crippen molar-refractivity contribution in [3.8, 4) is 0 Å². The normalized spacial score (nSPS) is 15.3. The number of piperidine rings is 1. The van der Waals surface area contributed by atoms with Crippen LogP contribution in [0.3, 0.4) is 0 Å².